The Bertz CT molecular complexity index is 319. The fourth-order valence-electron chi connectivity index (χ4n) is 1.24. The van der Waals surface area contributed by atoms with Gasteiger partial charge in [-0.3, -0.25) is 4.98 Å². The van der Waals surface area contributed by atoms with Gasteiger partial charge in [0, 0.05) is 30.1 Å². The number of rotatable bonds is 2. The van der Waals surface area contributed by atoms with Gasteiger partial charge in [0.05, 0.1) is 0 Å². The van der Waals surface area contributed by atoms with Crippen LogP contribution in [-0.2, 0) is 6.54 Å². The Morgan fingerprint density at radius 3 is 2.38 bits per heavy atom. The first-order valence-electron chi connectivity index (χ1n) is 4.28. The van der Waals surface area contributed by atoms with Crippen LogP contribution in [0.25, 0.3) is 0 Å². The normalized spacial score (nSPS) is 9.85. The number of pyridine rings is 2. The molecule has 0 aromatic carbocycles. The van der Waals surface area contributed by atoms with Crippen LogP contribution >= 0.6 is 0 Å². The van der Waals surface area contributed by atoms with Gasteiger partial charge in [-0.15, -0.1) is 0 Å². The van der Waals surface area contributed by atoms with E-state index < -0.39 is 0 Å². The van der Waals surface area contributed by atoms with E-state index in [-0.39, 0.29) is 0 Å². The molecule has 0 bridgehead atoms. The molecule has 64 valence electrons. The summed E-state index contributed by atoms with van der Waals surface area (Å²) in [5.41, 5.74) is 1.27. The second-order valence-corrected chi connectivity index (χ2v) is 2.90. The molecule has 0 fully saturated rings. The van der Waals surface area contributed by atoms with Gasteiger partial charge in [0.2, 0.25) is 0 Å². The molecule has 2 aromatic heterocycles. The molecular formula is C11H11N2+. The molecule has 0 aliphatic heterocycles. The Morgan fingerprint density at radius 2 is 1.69 bits per heavy atom. The molecule has 0 amide bonds. The maximum atomic E-state index is 3.98. The average molecular weight is 171 g/mol. The Hall–Kier alpha value is -1.70. The summed E-state index contributed by atoms with van der Waals surface area (Å²) in [5.74, 6) is 0. The van der Waals surface area contributed by atoms with Crippen molar-refractivity contribution in [1.82, 2.24) is 4.98 Å². The van der Waals surface area contributed by atoms with Gasteiger partial charge in [-0.05, 0) is 12.1 Å². The van der Waals surface area contributed by atoms with Gasteiger partial charge in [-0.1, -0.05) is 6.07 Å². The van der Waals surface area contributed by atoms with Crippen molar-refractivity contribution < 1.29 is 4.57 Å². The van der Waals surface area contributed by atoms with Crippen LogP contribution in [0.5, 0.6) is 0 Å². The van der Waals surface area contributed by atoms with Crippen LogP contribution in [0.15, 0.2) is 55.1 Å². The molecule has 0 spiro atoms. The van der Waals surface area contributed by atoms with Crippen molar-refractivity contribution in [2.24, 2.45) is 0 Å². The summed E-state index contributed by atoms with van der Waals surface area (Å²) < 4.78 is 2.13. The smallest absolute Gasteiger partial charge is 0.173 e. The first-order chi connectivity index (χ1) is 6.45. The van der Waals surface area contributed by atoms with Crippen molar-refractivity contribution in [3.63, 3.8) is 0 Å². The van der Waals surface area contributed by atoms with Gasteiger partial charge in [-0.25, -0.2) is 4.57 Å². The minimum Gasteiger partial charge on any atom is -0.265 e. The molecule has 13 heavy (non-hydrogen) atoms. The molecule has 0 unspecified atom stereocenters. The number of hydrogen-bond acceptors (Lipinski definition) is 1. The van der Waals surface area contributed by atoms with Crippen LogP contribution < -0.4 is 4.57 Å². The van der Waals surface area contributed by atoms with Gasteiger partial charge >= 0.3 is 0 Å². The topological polar surface area (TPSA) is 16.8 Å². The van der Waals surface area contributed by atoms with E-state index in [1.54, 1.807) is 0 Å². The Kier molecular flexibility index (Phi) is 2.32. The predicted molar refractivity (Wildman–Crippen MR) is 50.0 cm³/mol. The molecule has 0 atom stereocenters. The third-order valence-corrected chi connectivity index (χ3v) is 1.89. The highest BCUT2D eigenvalue weighted by Crippen LogP contribution is 1.94. The van der Waals surface area contributed by atoms with Gasteiger partial charge in [-0.2, -0.15) is 0 Å². The Morgan fingerprint density at radius 1 is 1.00 bits per heavy atom. The van der Waals surface area contributed by atoms with Crippen molar-refractivity contribution in [2.45, 2.75) is 6.54 Å². The first kappa shape index (κ1) is 7.92. The zero-order chi connectivity index (χ0) is 8.93. The Labute approximate surface area is 77.5 Å². The Balaban J connectivity index is 2.16. The number of aromatic nitrogens is 2. The lowest BCUT2D eigenvalue weighted by Gasteiger charge is -1.95. The summed E-state index contributed by atoms with van der Waals surface area (Å²) in [6, 6.07) is 10.1. The lowest BCUT2D eigenvalue weighted by Crippen LogP contribution is -2.32. The summed E-state index contributed by atoms with van der Waals surface area (Å²) in [6.07, 6.45) is 7.75. The SMILES string of the molecule is c1cc[n+](Cc2ccncc2)cc1. The third kappa shape index (κ3) is 2.12. The molecule has 0 saturated carbocycles. The molecule has 2 nitrogen and oxygen atoms in total. The zero-order valence-electron chi connectivity index (χ0n) is 7.30. The van der Waals surface area contributed by atoms with E-state index in [1.165, 1.54) is 5.56 Å². The van der Waals surface area contributed by atoms with Crippen LogP contribution in [0.2, 0.25) is 0 Å². The summed E-state index contributed by atoms with van der Waals surface area (Å²) in [7, 11) is 0. The summed E-state index contributed by atoms with van der Waals surface area (Å²) in [6.45, 7) is 0.906. The molecule has 2 heterocycles. The molecular weight excluding hydrogens is 160 g/mol. The van der Waals surface area contributed by atoms with Crippen LogP contribution in [0.3, 0.4) is 0 Å². The van der Waals surface area contributed by atoms with Crippen LogP contribution in [0.4, 0.5) is 0 Å². The minimum atomic E-state index is 0.906. The van der Waals surface area contributed by atoms with Gasteiger partial charge in [0.25, 0.3) is 0 Å². The van der Waals surface area contributed by atoms with Crippen LogP contribution in [0.1, 0.15) is 5.56 Å². The monoisotopic (exact) mass is 171 g/mol. The zero-order valence-corrected chi connectivity index (χ0v) is 7.30. The lowest BCUT2D eigenvalue weighted by atomic mass is 10.2. The van der Waals surface area contributed by atoms with E-state index in [0.29, 0.717) is 0 Å². The van der Waals surface area contributed by atoms with E-state index in [4.69, 9.17) is 0 Å². The summed E-state index contributed by atoms with van der Waals surface area (Å²) in [5, 5.41) is 0. The van der Waals surface area contributed by atoms with E-state index in [2.05, 4.69) is 21.9 Å². The molecule has 0 N–H and O–H groups in total. The largest absolute Gasteiger partial charge is 0.265 e. The maximum absolute atomic E-state index is 3.98. The summed E-state index contributed by atoms with van der Waals surface area (Å²) >= 11 is 0. The van der Waals surface area contributed by atoms with E-state index in [0.717, 1.165) is 6.54 Å². The lowest BCUT2D eigenvalue weighted by molar-refractivity contribution is -0.688. The van der Waals surface area contributed by atoms with Crippen molar-refractivity contribution in [2.75, 3.05) is 0 Å². The quantitative estimate of drug-likeness (QED) is 0.624. The molecule has 2 aromatic rings. The van der Waals surface area contributed by atoms with Gasteiger partial charge < -0.3 is 0 Å². The fraction of sp³-hybridized carbons (Fsp3) is 0.0909. The molecule has 2 heteroatoms. The van der Waals surface area contributed by atoms with E-state index in [9.17, 15) is 0 Å². The highest BCUT2D eigenvalue weighted by atomic mass is 14.9. The molecule has 0 radical (unpaired) electrons. The third-order valence-electron chi connectivity index (χ3n) is 1.89. The average Bonchev–Trinajstić information content (AvgIpc) is 2.21. The summed E-state index contributed by atoms with van der Waals surface area (Å²) in [4.78, 5) is 3.98. The molecule has 2 rings (SSSR count). The van der Waals surface area contributed by atoms with Crippen LogP contribution in [-0.4, -0.2) is 4.98 Å². The highest BCUT2D eigenvalue weighted by Gasteiger charge is 1.98. The highest BCUT2D eigenvalue weighted by molar-refractivity contribution is 5.07. The van der Waals surface area contributed by atoms with Crippen molar-refractivity contribution in [3.05, 3.63) is 60.7 Å². The van der Waals surface area contributed by atoms with Crippen molar-refractivity contribution >= 4 is 0 Å². The van der Waals surface area contributed by atoms with Crippen LogP contribution in [0, 0.1) is 0 Å². The van der Waals surface area contributed by atoms with E-state index >= 15 is 0 Å². The van der Waals surface area contributed by atoms with Gasteiger partial charge in [0.1, 0.15) is 0 Å². The van der Waals surface area contributed by atoms with Crippen molar-refractivity contribution in [3.8, 4) is 0 Å². The maximum Gasteiger partial charge on any atom is 0.173 e. The predicted octanol–water partition coefficient (Wildman–Crippen LogP) is 1.42. The standard InChI is InChI=1S/C11H11N2/c1-2-8-13(9-3-1)10-11-4-6-12-7-5-11/h1-9H,10H2/q+1. The number of hydrogen-bond donors (Lipinski definition) is 0. The molecule has 0 aliphatic carbocycles. The van der Waals surface area contributed by atoms with E-state index in [1.807, 2.05) is 42.7 Å². The molecule has 0 aliphatic rings. The van der Waals surface area contributed by atoms with Gasteiger partial charge in [0.15, 0.2) is 18.9 Å². The minimum absolute atomic E-state index is 0.906. The second-order valence-electron chi connectivity index (χ2n) is 2.90. The van der Waals surface area contributed by atoms with Crippen molar-refractivity contribution in [1.29, 1.82) is 0 Å². The first-order valence-corrected chi connectivity index (χ1v) is 4.28. The molecule has 0 saturated heterocycles. The fourth-order valence-corrected chi connectivity index (χ4v) is 1.24. The second kappa shape index (κ2) is 3.81. The number of nitrogens with zero attached hydrogens (tertiary/aromatic N) is 2.